The minimum absolute atomic E-state index is 0.0395. The quantitative estimate of drug-likeness (QED) is 0.330. The Morgan fingerprint density at radius 3 is 2.38 bits per heavy atom. The molecule has 2 aromatic carbocycles. The topological polar surface area (TPSA) is 107 Å². The van der Waals surface area contributed by atoms with Gasteiger partial charge in [0.05, 0.1) is 0 Å². The molecule has 1 aliphatic rings. The first kappa shape index (κ1) is 24.2. The zero-order valence-corrected chi connectivity index (χ0v) is 18.0. The lowest BCUT2D eigenvalue weighted by atomic mass is 9.65. The molecule has 1 fully saturated rings. The Balaban J connectivity index is 1.62. The first-order valence-corrected chi connectivity index (χ1v) is 10.8. The van der Waals surface area contributed by atoms with E-state index in [1.54, 1.807) is 12.1 Å². The lowest BCUT2D eigenvalue weighted by Gasteiger charge is -2.48. The monoisotopic (exact) mass is 446 g/mol. The second-order valence-corrected chi connectivity index (χ2v) is 8.68. The van der Waals surface area contributed by atoms with Gasteiger partial charge in [0, 0.05) is 24.3 Å². The number of rotatable bonds is 10. The average molecular weight is 446 g/mol. The lowest BCUT2D eigenvalue weighted by molar-refractivity contribution is -0.147. The Kier molecular flexibility index (Phi) is 7.53. The van der Waals surface area contributed by atoms with Crippen LogP contribution in [0, 0.1) is 17.6 Å². The molecule has 172 valence electrons. The summed E-state index contributed by atoms with van der Waals surface area (Å²) in [7, 11) is 0.443. The number of anilines is 1. The molecule has 5 N–H and O–H groups in total. The summed E-state index contributed by atoms with van der Waals surface area (Å²) in [5.74, 6) is -2.06. The number of carbonyl (C=O) groups is 1. The molecule has 1 saturated carbocycles. The molecule has 3 rings (SSSR count). The van der Waals surface area contributed by atoms with Gasteiger partial charge in [0.1, 0.15) is 17.2 Å². The third kappa shape index (κ3) is 5.28. The van der Waals surface area contributed by atoms with Crippen molar-refractivity contribution in [3.8, 4) is 11.1 Å². The fourth-order valence-electron chi connectivity index (χ4n) is 4.35. The number of halogens is 2. The van der Waals surface area contributed by atoms with E-state index in [0.717, 1.165) is 0 Å². The van der Waals surface area contributed by atoms with E-state index in [-0.39, 0.29) is 30.5 Å². The molecule has 0 spiro atoms. The van der Waals surface area contributed by atoms with Crippen LogP contribution in [0.15, 0.2) is 42.5 Å². The first-order chi connectivity index (χ1) is 15.1. The molecule has 0 radical (unpaired) electrons. The third-order valence-corrected chi connectivity index (χ3v) is 6.61. The van der Waals surface area contributed by atoms with Gasteiger partial charge in [0.25, 0.3) is 0 Å². The number of nitrogens with two attached hydrogens (primary N) is 1. The molecule has 1 aliphatic carbocycles. The van der Waals surface area contributed by atoms with Crippen molar-refractivity contribution in [1.29, 1.82) is 0 Å². The summed E-state index contributed by atoms with van der Waals surface area (Å²) in [6, 6.07) is 10.6. The maximum Gasteiger partial charge on any atom is 0.451 e. The number of carboxylic acids is 1. The van der Waals surface area contributed by atoms with Gasteiger partial charge >= 0.3 is 13.1 Å². The van der Waals surface area contributed by atoms with Crippen molar-refractivity contribution < 1.29 is 28.7 Å². The Morgan fingerprint density at radius 2 is 1.81 bits per heavy atom. The highest BCUT2D eigenvalue weighted by molar-refractivity contribution is 6.40. The smallest absolute Gasteiger partial charge is 0.451 e. The molecule has 32 heavy (non-hydrogen) atoms. The fourth-order valence-corrected chi connectivity index (χ4v) is 4.35. The van der Waals surface area contributed by atoms with Crippen LogP contribution in [-0.2, 0) is 4.79 Å². The SMILES string of the molecule is CN(c1ccc(-c2ccc(F)cc2)c(F)c1)C1CC([C@@](N)(CCCCB(O)O)C(=O)O)C1. The summed E-state index contributed by atoms with van der Waals surface area (Å²) >= 11 is 0. The molecule has 0 aliphatic heterocycles. The van der Waals surface area contributed by atoms with E-state index in [0.29, 0.717) is 42.5 Å². The maximum atomic E-state index is 14.7. The van der Waals surface area contributed by atoms with Gasteiger partial charge in [-0.05, 0) is 67.4 Å². The molecule has 0 unspecified atom stereocenters. The van der Waals surface area contributed by atoms with E-state index in [2.05, 4.69) is 0 Å². The van der Waals surface area contributed by atoms with Crippen molar-refractivity contribution in [3.05, 3.63) is 54.1 Å². The van der Waals surface area contributed by atoms with Crippen molar-refractivity contribution in [2.45, 2.75) is 50.0 Å². The van der Waals surface area contributed by atoms with Gasteiger partial charge in [-0.2, -0.15) is 0 Å². The lowest BCUT2D eigenvalue weighted by Crippen LogP contribution is -2.61. The molecule has 0 heterocycles. The van der Waals surface area contributed by atoms with Gasteiger partial charge in [0.15, 0.2) is 0 Å². The predicted molar refractivity (Wildman–Crippen MR) is 120 cm³/mol. The van der Waals surface area contributed by atoms with E-state index in [1.165, 1.54) is 30.3 Å². The van der Waals surface area contributed by atoms with E-state index in [1.807, 2.05) is 11.9 Å². The van der Waals surface area contributed by atoms with Crippen LogP contribution in [0.25, 0.3) is 11.1 Å². The summed E-state index contributed by atoms with van der Waals surface area (Å²) in [6.45, 7) is 0. The van der Waals surface area contributed by atoms with Crippen molar-refractivity contribution in [2.24, 2.45) is 11.7 Å². The van der Waals surface area contributed by atoms with Crippen LogP contribution in [-0.4, -0.2) is 46.9 Å². The maximum absolute atomic E-state index is 14.7. The molecule has 0 amide bonds. The van der Waals surface area contributed by atoms with Crippen LogP contribution in [0.3, 0.4) is 0 Å². The zero-order valence-electron chi connectivity index (χ0n) is 18.0. The largest absolute Gasteiger partial charge is 0.480 e. The van der Waals surface area contributed by atoms with E-state index in [9.17, 15) is 18.7 Å². The van der Waals surface area contributed by atoms with Gasteiger partial charge < -0.3 is 25.8 Å². The molecule has 2 aromatic rings. The van der Waals surface area contributed by atoms with Crippen LogP contribution in [0.1, 0.15) is 32.1 Å². The first-order valence-electron chi connectivity index (χ1n) is 10.8. The average Bonchev–Trinajstić information content (AvgIpc) is 2.70. The van der Waals surface area contributed by atoms with Gasteiger partial charge in [0.2, 0.25) is 0 Å². The van der Waals surface area contributed by atoms with E-state index in [4.69, 9.17) is 15.8 Å². The summed E-state index contributed by atoms with van der Waals surface area (Å²) in [5.41, 5.74) is 6.53. The number of hydrogen-bond acceptors (Lipinski definition) is 5. The summed E-state index contributed by atoms with van der Waals surface area (Å²) in [4.78, 5) is 13.8. The number of nitrogens with zero attached hydrogens (tertiary/aromatic N) is 1. The second-order valence-electron chi connectivity index (χ2n) is 8.68. The van der Waals surface area contributed by atoms with Crippen LogP contribution < -0.4 is 10.6 Å². The number of benzene rings is 2. The predicted octanol–water partition coefficient (Wildman–Crippen LogP) is 3.27. The van der Waals surface area contributed by atoms with Crippen LogP contribution in [0.4, 0.5) is 14.5 Å². The Bertz CT molecular complexity index is 938. The molecular weight excluding hydrogens is 417 g/mol. The van der Waals surface area contributed by atoms with E-state index >= 15 is 0 Å². The normalized spacial score (nSPS) is 19.7. The highest BCUT2D eigenvalue weighted by Crippen LogP contribution is 2.42. The van der Waals surface area contributed by atoms with Gasteiger partial charge in [-0.1, -0.05) is 25.0 Å². The van der Waals surface area contributed by atoms with Crippen molar-refractivity contribution in [1.82, 2.24) is 0 Å². The van der Waals surface area contributed by atoms with Crippen molar-refractivity contribution in [3.63, 3.8) is 0 Å². The van der Waals surface area contributed by atoms with Gasteiger partial charge in [-0.15, -0.1) is 0 Å². The zero-order chi connectivity index (χ0) is 23.5. The van der Waals surface area contributed by atoms with Crippen LogP contribution in [0.2, 0.25) is 6.32 Å². The van der Waals surface area contributed by atoms with E-state index < -0.39 is 24.4 Å². The highest BCUT2D eigenvalue weighted by Gasteiger charge is 2.49. The standard InChI is InChI=1S/C23H29BF2N2O4/c1-28(18-8-9-20(21(26)14-18)15-4-6-17(25)7-5-15)19-12-16(13-19)23(27,22(29)30)10-2-3-11-24(31)32/h4-9,14,16,19,31-32H,2-3,10-13,27H2,1H3,(H,29,30)/t16?,19?,23-/m0/s1. The second kappa shape index (κ2) is 9.98. The van der Waals surface area contributed by atoms with Gasteiger partial charge in [-0.3, -0.25) is 4.79 Å². The molecule has 6 nitrogen and oxygen atoms in total. The fraction of sp³-hybridized carbons (Fsp3) is 0.435. The molecule has 0 bridgehead atoms. The van der Waals surface area contributed by atoms with Crippen molar-refractivity contribution in [2.75, 3.05) is 11.9 Å². The summed E-state index contributed by atoms with van der Waals surface area (Å²) < 4.78 is 27.9. The minimum atomic E-state index is -1.40. The Morgan fingerprint density at radius 1 is 1.16 bits per heavy atom. The summed E-state index contributed by atoms with van der Waals surface area (Å²) in [6.07, 6.45) is 2.57. The van der Waals surface area contributed by atoms with Crippen LogP contribution >= 0.6 is 0 Å². The van der Waals surface area contributed by atoms with Crippen molar-refractivity contribution >= 4 is 18.8 Å². The number of carboxylic acid groups (broad SMARTS) is 1. The molecular formula is C23H29BF2N2O4. The summed E-state index contributed by atoms with van der Waals surface area (Å²) in [5, 5.41) is 27.6. The Labute approximate surface area is 186 Å². The molecule has 1 atom stereocenters. The number of aliphatic carboxylic acids is 1. The van der Waals surface area contributed by atoms with Crippen LogP contribution in [0.5, 0.6) is 0 Å². The number of hydrogen-bond donors (Lipinski definition) is 4. The molecule has 0 aromatic heterocycles. The third-order valence-electron chi connectivity index (χ3n) is 6.61. The molecule has 9 heteroatoms. The minimum Gasteiger partial charge on any atom is -0.480 e. The van der Waals surface area contributed by atoms with Gasteiger partial charge in [-0.25, -0.2) is 8.78 Å². The number of unbranched alkanes of at least 4 members (excludes halogenated alkanes) is 1. The molecule has 0 saturated heterocycles. The Hall–Kier alpha value is -2.49. The highest BCUT2D eigenvalue weighted by atomic mass is 19.1.